The predicted octanol–water partition coefficient (Wildman–Crippen LogP) is 0.575. The normalized spacial score (nSPS) is 19.1. The molecule has 1 saturated heterocycles. The lowest BCUT2D eigenvalue weighted by Crippen LogP contribution is -2.37. The van der Waals surface area contributed by atoms with Gasteiger partial charge in [-0.2, -0.15) is 0 Å². The molecule has 2 aromatic heterocycles. The van der Waals surface area contributed by atoms with Gasteiger partial charge in [0, 0.05) is 18.9 Å². The molecule has 0 radical (unpaired) electrons. The quantitative estimate of drug-likeness (QED) is 0.736. The summed E-state index contributed by atoms with van der Waals surface area (Å²) in [6.07, 6.45) is 5.24. The lowest BCUT2D eigenvalue weighted by molar-refractivity contribution is -0.141. The lowest BCUT2D eigenvalue weighted by atomic mass is 10.2. The molecule has 0 aromatic carbocycles. The summed E-state index contributed by atoms with van der Waals surface area (Å²) in [5.41, 5.74) is 0.677. The Hall–Kier alpha value is -2.18. The molecule has 0 bridgehead atoms. The van der Waals surface area contributed by atoms with Gasteiger partial charge in [-0.05, 0) is 19.8 Å². The van der Waals surface area contributed by atoms with E-state index in [-0.39, 0.29) is 12.0 Å². The van der Waals surface area contributed by atoms with E-state index < -0.39 is 0 Å². The van der Waals surface area contributed by atoms with E-state index in [1.807, 2.05) is 22.4 Å². The second-order valence-electron chi connectivity index (χ2n) is 4.57. The van der Waals surface area contributed by atoms with Gasteiger partial charge in [0.2, 0.25) is 5.65 Å². The van der Waals surface area contributed by atoms with Crippen molar-refractivity contribution in [3.8, 4) is 0 Å². The summed E-state index contributed by atoms with van der Waals surface area (Å²) in [5, 5.41) is 8.19. The summed E-state index contributed by atoms with van der Waals surface area (Å²) in [7, 11) is 1.41. The fourth-order valence-corrected chi connectivity index (χ4v) is 2.53. The number of ether oxygens (including phenoxy) is 1. The summed E-state index contributed by atoms with van der Waals surface area (Å²) in [5.74, 6) is 1.26. The number of fused-ring (bicyclic) bond motifs is 1. The highest BCUT2D eigenvalue weighted by Gasteiger charge is 2.34. The second-order valence-corrected chi connectivity index (χ2v) is 4.57. The van der Waals surface area contributed by atoms with Crippen molar-refractivity contribution in [2.75, 3.05) is 18.6 Å². The smallest absolute Gasteiger partial charge is 0.328 e. The average molecular weight is 261 g/mol. The summed E-state index contributed by atoms with van der Waals surface area (Å²) in [6.45, 7) is 2.66. The molecule has 7 heteroatoms. The van der Waals surface area contributed by atoms with Crippen LogP contribution < -0.4 is 4.90 Å². The molecule has 1 atom stereocenters. The van der Waals surface area contributed by atoms with Gasteiger partial charge >= 0.3 is 5.97 Å². The third-order valence-corrected chi connectivity index (χ3v) is 3.48. The average Bonchev–Trinajstić information content (AvgIpc) is 3.05. The van der Waals surface area contributed by atoms with Crippen LogP contribution in [0, 0.1) is 6.92 Å². The van der Waals surface area contributed by atoms with Crippen molar-refractivity contribution in [3.05, 3.63) is 18.2 Å². The Bertz CT molecular complexity index is 624. The molecule has 0 aliphatic carbocycles. The van der Waals surface area contributed by atoms with Crippen LogP contribution in [-0.4, -0.2) is 45.2 Å². The summed E-state index contributed by atoms with van der Waals surface area (Å²) < 4.78 is 6.72. The van der Waals surface area contributed by atoms with Gasteiger partial charge in [0.1, 0.15) is 11.9 Å². The zero-order valence-corrected chi connectivity index (χ0v) is 10.9. The molecule has 2 aromatic rings. The predicted molar refractivity (Wildman–Crippen MR) is 67.9 cm³/mol. The van der Waals surface area contributed by atoms with Crippen LogP contribution in [0.1, 0.15) is 18.7 Å². The highest BCUT2D eigenvalue weighted by Crippen LogP contribution is 2.27. The topological polar surface area (TPSA) is 72.6 Å². The van der Waals surface area contributed by atoms with Crippen LogP contribution in [0.3, 0.4) is 0 Å². The SMILES string of the molecule is COC(=O)C1CCCN1c1nccn2c(C)nnc12. The molecule has 3 heterocycles. The number of aryl methyl sites for hydroxylation is 1. The van der Waals surface area contributed by atoms with Crippen LogP contribution in [0.5, 0.6) is 0 Å². The van der Waals surface area contributed by atoms with Crippen LogP contribution in [-0.2, 0) is 9.53 Å². The fraction of sp³-hybridized carbons (Fsp3) is 0.500. The van der Waals surface area contributed by atoms with Crippen LogP contribution in [0.4, 0.5) is 5.82 Å². The zero-order chi connectivity index (χ0) is 13.4. The summed E-state index contributed by atoms with van der Waals surface area (Å²) >= 11 is 0. The molecule has 7 nitrogen and oxygen atoms in total. The van der Waals surface area contributed by atoms with E-state index in [1.54, 1.807) is 6.20 Å². The number of methoxy groups -OCH3 is 1. The van der Waals surface area contributed by atoms with Crippen LogP contribution in [0.25, 0.3) is 5.65 Å². The molecule has 0 spiro atoms. The van der Waals surface area contributed by atoms with Gasteiger partial charge in [-0.1, -0.05) is 0 Å². The molecular formula is C12H15N5O2. The van der Waals surface area contributed by atoms with Gasteiger partial charge in [0.15, 0.2) is 5.82 Å². The maximum atomic E-state index is 11.8. The van der Waals surface area contributed by atoms with Crippen molar-refractivity contribution in [2.24, 2.45) is 0 Å². The number of hydrogen-bond donors (Lipinski definition) is 0. The molecule has 1 unspecified atom stereocenters. The Morgan fingerprint density at radius 3 is 3.11 bits per heavy atom. The Labute approximate surface area is 110 Å². The van der Waals surface area contributed by atoms with Crippen molar-refractivity contribution in [1.29, 1.82) is 0 Å². The first-order valence-electron chi connectivity index (χ1n) is 6.23. The molecular weight excluding hydrogens is 246 g/mol. The van der Waals surface area contributed by atoms with Crippen molar-refractivity contribution in [1.82, 2.24) is 19.6 Å². The Morgan fingerprint density at radius 1 is 1.47 bits per heavy atom. The van der Waals surface area contributed by atoms with Gasteiger partial charge in [-0.3, -0.25) is 4.40 Å². The first kappa shape index (κ1) is 11.9. The van der Waals surface area contributed by atoms with Gasteiger partial charge in [0.05, 0.1) is 7.11 Å². The first-order valence-corrected chi connectivity index (χ1v) is 6.23. The maximum Gasteiger partial charge on any atom is 0.328 e. The Morgan fingerprint density at radius 2 is 2.32 bits per heavy atom. The van der Waals surface area contributed by atoms with E-state index >= 15 is 0 Å². The molecule has 0 saturated carbocycles. The molecule has 1 aliphatic rings. The van der Waals surface area contributed by atoms with Gasteiger partial charge in [-0.25, -0.2) is 9.78 Å². The van der Waals surface area contributed by atoms with E-state index in [2.05, 4.69) is 15.2 Å². The lowest BCUT2D eigenvalue weighted by Gasteiger charge is -2.23. The van der Waals surface area contributed by atoms with Gasteiger partial charge < -0.3 is 9.64 Å². The van der Waals surface area contributed by atoms with Crippen molar-refractivity contribution < 1.29 is 9.53 Å². The third-order valence-electron chi connectivity index (χ3n) is 3.48. The zero-order valence-electron chi connectivity index (χ0n) is 10.9. The number of carbonyl (C=O) groups excluding carboxylic acids is 1. The third kappa shape index (κ3) is 1.81. The Kier molecular flexibility index (Phi) is 2.81. The molecule has 100 valence electrons. The van der Waals surface area contributed by atoms with Gasteiger partial charge in [0.25, 0.3) is 0 Å². The number of esters is 1. The second kappa shape index (κ2) is 4.49. The molecule has 19 heavy (non-hydrogen) atoms. The maximum absolute atomic E-state index is 11.8. The highest BCUT2D eigenvalue weighted by atomic mass is 16.5. The minimum Gasteiger partial charge on any atom is -0.467 e. The summed E-state index contributed by atoms with van der Waals surface area (Å²) in [4.78, 5) is 18.1. The monoisotopic (exact) mass is 261 g/mol. The van der Waals surface area contributed by atoms with E-state index in [0.29, 0.717) is 11.5 Å². The van der Waals surface area contributed by atoms with E-state index in [4.69, 9.17) is 4.74 Å². The van der Waals surface area contributed by atoms with Crippen LogP contribution in [0.2, 0.25) is 0 Å². The van der Waals surface area contributed by atoms with Crippen molar-refractivity contribution >= 4 is 17.4 Å². The summed E-state index contributed by atoms with van der Waals surface area (Å²) in [6, 6.07) is -0.277. The molecule has 1 fully saturated rings. The van der Waals surface area contributed by atoms with E-state index in [1.165, 1.54) is 7.11 Å². The van der Waals surface area contributed by atoms with E-state index in [0.717, 1.165) is 25.2 Å². The van der Waals surface area contributed by atoms with Crippen LogP contribution in [0.15, 0.2) is 12.4 Å². The number of rotatable bonds is 2. The van der Waals surface area contributed by atoms with Crippen molar-refractivity contribution in [2.45, 2.75) is 25.8 Å². The number of hydrogen-bond acceptors (Lipinski definition) is 6. The minimum atomic E-state index is -0.277. The Balaban J connectivity index is 2.06. The molecule has 3 rings (SSSR count). The largest absolute Gasteiger partial charge is 0.467 e. The van der Waals surface area contributed by atoms with Gasteiger partial charge in [-0.15, -0.1) is 10.2 Å². The van der Waals surface area contributed by atoms with Crippen molar-refractivity contribution in [3.63, 3.8) is 0 Å². The van der Waals surface area contributed by atoms with E-state index in [9.17, 15) is 4.79 Å². The number of aromatic nitrogens is 4. The number of nitrogens with zero attached hydrogens (tertiary/aromatic N) is 5. The number of carbonyl (C=O) groups is 1. The molecule has 0 N–H and O–H groups in total. The highest BCUT2D eigenvalue weighted by molar-refractivity contribution is 5.82. The molecule has 0 amide bonds. The standard InChI is InChI=1S/C12H15N5O2/c1-8-14-15-11-10(13-5-7-16(8)11)17-6-3-4-9(17)12(18)19-2/h5,7,9H,3-4,6H2,1-2H3. The molecule has 1 aliphatic heterocycles. The first-order chi connectivity index (χ1) is 9.22. The fourth-order valence-electron chi connectivity index (χ4n) is 2.53. The van der Waals surface area contributed by atoms with Crippen LogP contribution >= 0.6 is 0 Å². The minimum absolute atomic E-state index is 0.224. The number of anilines is 1.